The van der Waals surface area contributed by atoms with Crippen LogP contribution in [0.3, 0.4) is 0 Å². The van der Waals surface area contributed by atoms with E-state index in [2.05, 4.69) is 21.2 Å². The molecule has 0 radical (unpaired) electrons. The summed E-state index contributed by atoms with van der Waals surface area (Å²) in [4.78, 5) is 30.0. The molecule has 46 heavy (non-hydrogen) atoms. The number of fused-ring (bicyclic) bond motifs is 1. The maximum absolute atomic E-state index is 14.8. The lowest BCUT2D eigenvalue weighted by Crippen LogP contribution is -2.52. The Labute approximate surface area is 277 Å². The smallest absolute Gasteiger partial charge is 0.251 e. The van der Waals surface area contributed by atoms with E-state index in [9.17, 15) is 9.59 Å². The number of hydrogen-bond donors (Lipinski definition) is 2. The van der Waals surface area contributed by atoms with Gasteiger partial charge >= 0.3 is 0 Å². The second-order valence-electron chi connectivity index (χ2n) is 10.9. The van der Waals surface area contributed by atoms with Gasteiger partial charge in [0, 0.05) is 48.3 Å². The second-order valence-corrected chi connectivity index (χ2v) is 11.8. The molecule has 0 saturated carbocycles. The first-order valence-electron chi connectivity index (χ1n) is 15.1. The summed E-state index contributed by atoms with van der Waals surface area (Å²) < 4.78 is 23.5. The summed E-state index contributed by atoms with van der Waals surface area (Å²) in [5.74, 6) is 0.570. The molecule has 0 bridgehead atoms. The van der Waals surface area contributed by atoms with Gasteiger partial charge in [0.05, 0.1) is 19.3 Å². The number of hydrogen-bond acceptors (Lipinski definition) is 7. The Kier molecular flexibility index (Phi) is 11.8. The number of benzene rings is 4. The first-order valence-corrected chi connectivity index (χ1v) is 15.9. The SMILES string of the molecule is COCCOCOc1ccc2c(c1)O[C@H](CN)[C@H]2N(Cc1ccc(Br)cc1)C(=O)[C@H](Cc1ccccc1)NC(=O)c1ccccc1. The number of nitrogens with two attached hydrogens (primary N) is 1. The largest absolute Gasteiger partial charge is 0.486 e. The lowest BCUT2D eigenvalue weighted by Gasteiger charge is -2.35. The summed E-state index contributed by atoms with van der Waals surface area (Å²) >= 11 is 3.50. The number of carbonyl (C=O) groups excluding carboxylic acids is 2. The zero-order valence-electron chi connectivity index (χ0n) is 25.6. The third-order valence-electron chi connectivity index (χ3n) is 7.71. The fraction of sp³-hybridized carbons (Fsp3) is 0.278. The number of methoxy groups -OCH3 is 1. The number of ether oxygens (including phenoxy) is 4. The average molecular weight is 689 g/mol. The lowest BCUT2D eigenvalue weighted by molar-refractivity contribution is -0.138. The Morgan fingerprint density at radius 3 is 2.35 bits per heavy atom. The molecule has 10 heteroatoms. The molecule has 3 N–H and O–H groups in total. The quantitative estimate of drug-likeness (QED) is 0.129. The molecular weight excluding hydrogens is 650 g/mol. The molecule has 2 amide bonds. The summed E-state index contributed by atoms with van der Waals surface area (Å²) in [5, 5.41) is 3.03. The van der Waals surface area contributed by atoms with E-state index in [0.717, 1.165) is 21.2 Å². The first kappa shape index (κ1) is 33.2. The molecule has 0 unspecified atom stereocenters. The number of carbonyl (C=O) groups is 2. The van der Waals surface area contributed by atoms with Crippen LogP contribution in [0.2, 0.25) is 0 Å². The highest BCUT2D eigenvalue weighted by molar-refractivity contribution is 9.10. The van der Waals surface area contributed by atoms with Crippen molar-refractivity contribution in [3.63, 3.8) is 0 Å². The van der Waals surface area contributed by atoms with Crippen molar-refractivity contribution in [2.45, 2.75) is 31.2 Å². The fourth-order valence-corrected chi connectivity index (χ4v) is 5.68. The van der Waals surface area contributed by atoms with Crippen LogP contribution in [0.5, 0.6) is 11.5 Å². The summed E-state index contributed by atoms with van der Waals surface area (Å²) in [7, 11) is 1.61. The highest BCUT2D eigenvalue weighted by Gasteiger charge is 2.42. The molecule has 0 spiro atoms. The van der Waals surface area contributed by atoms with Crippen LogP contribution in [0.1, 0.15) is 33.1 Å². The van der Waals surface area contributed by atoms with Gasteiger partial charge in [-0.15, -0.1) is 0 Å². The average Bonchev–Trinajstić information content (AvgIpc) is 3.46. The molecule has 1 aliphatic rings. The normalized spacial score (nSPS) is 15.8. The Balaban J connectivity index is 1.48. The Morgan fingerprint density at radius 1 is 0.935 bits per heavy atom. The number of halogens is 1. The van der Waals surface area contributed by atoms with Gasteiger partial charge in [-0.2, -0.15) is 0 Å². The van der Waals surface area contributed by atoms with Gasteiger partial charge in [-0.1, -0.05) is 76.6 Å². The molecule has 0 saturated heterocycles. The summed E-state index contributed by atoms with van der Waals surface area (Å²) in [5.41, 5.74) is 9.39. The van der Waals surface area contributed by atoms with Gasteiger partial charge in [-0.25, -0.2) is 0 Å². The molecular formula is C36H38BrN3O6. The van der Waals surface area contributed by atoms with Crippen LogP contribution in [-0.4, -0.2) is 62.5 Å². The van der Waals surface area contributed by atoms with E-state index < -0.39 is 18.2 Å². The second kappa shape index (κ2) is 16.4. The van der Waals surface area contributed by atoms with Gasteiger partial charge in [0.1, 0.15) is 23.6 Å². The minimum atomic E-state index is -0.861. The molecule has 1 heterocycles. The number of nitrogens with zero attached hydrogens (tertiary/aromatic N) is 1. The van der Waals surface area contributed by atoms with E-state index >= 15 is 0 Å². The molecule has 9 nitrogen and oxygen atoms in total. The van der Waals surface area contributed by atoms with E-state index in [4.69, 9.17) is 24.7 Å². The van der Waals surface area contributed by atoms with Gasteiger partial charge < -0.3 is 34.9 Å². The van der Waals surface area contributed by atoms with Crippen molar-refractivity contribution in [1.82, 2.24) is 10.2 Å². The standard InChI is InChI=1S/C36H38BrN3O6/c1-43-18-19-44-24-45-29-16-17-30-32(21-29)46-33(22-38)34(30)40(23-26-12-14-28(37)15-13-26)36(42)31(20-25-8-4-2-5-9-25)39-35(41)27-10-6-3-7-11-27/h2-17,21,31,33-34H,18-20,22-24,38H2,1H3,(H,39,41)/t31-,33+,34-/m0/s1. The van der Waals surface area contributed by atoms with Crippen LogP contribution in [0.15, 0.2) is 108 Å². The Hall–Kier alpha value is -4.22. The zero-order chi connectivity index (χ0) is 32.3. The zero-order valence-corrected chi connectivity index (χ0v) is 27.2. The van der Waals surface area contributed by atoms with Crippen molar-refractivity contribution < 1.29 is 28.5 Å². The Morgan fingerprint density at radius 2 is 1.65 bits per heavy atom. The van der Waals surface area contributed by atoms with E-state index in [1.807, 2.05) is 72.8 Å². The van der Waals surface area contributed by atoms with Gasteiger partial charge in [0.15, 0.2) is 6.79 Å². The maximum Gasteiger partial charge on any atom is 0.251 e. The molecule has 0 aliphatic carbocycles. The van der Waals surface area contributed by atoms with Gasteiger partial charge in [0.25, 0.3) is 5.91 Å². The van der Waals surface area contributed by atoms with Crippen LogP contribution in [0.4, 0.5) is 0 Å². The van der Waals surface area contributed by atoms with E-state index in [0.29, 0.717) is 36.7 Å². The number of nitrogens with one attached hydrogen (secondary N) is 1. The molecule has 3 atom stereocenters. The van der Waals surface area contributed by atoms with Crippen molar-refractivity contribution in [3.05, 3.63) is 130 Å². The predicted molar refractivity (Wildman–Crippen MR) is 179 cm³/mol. The molecule has 4 aromatic carbocycles. The molecule has 240 valence electrons. The van der Waals surface area contributed by atoms with Gasteiger partial charge in [-0.05, 0) is 47.5 Å². The topological polar surface area (TPSA) is 112 Å². The highest BCUT2D eigenvalue weighted by Crippen LogP contribution is 2.43. The lowest BCUT2D eigenvalue weighted by atomic mass is 9.97. The van der Waals surface area contributed by atoms with E-state index in [1.54, 1.807) is 42.3 Å². The molecule has 4 aromatic rings. The minimum absolute atomic E-state index is 0.0579. The monoisotopic (exact) mass is 687 g/mol. The molecule has 1 aliphatic heterocycles. The van der Waals surface area contributed by atoms with Crippen LogP contribution in [0.25, 0.3) is 0 Å². The third-order valence-corrected chi connectivity index (χ3v) is 8.24. The molecule has 0 fully saturated rings. The predicted octanol–water partition coefficient (Wildman–Crippen LogP) is 5.28. The maximum atomic E-state index is 14.8. The first-order chi connectivity index (χ1) is 22.5. The highest BCUT2D eigenvalue weighted by atomic mass is 79.9. The molecule has 0 aromatic heterocycles. The van der Waals surface area contributed by atoms with Crippen molar-refractivity contribution in [3.8, 4) is 11.5 Å². The third kappa shape index (κ3) is 8.52. The van der Waals surface area contributed by atoms with Crippen molar-refractivity contribution >= 4 is 27.7 Å². The van der Waals surface area contributed by atoms with Crippen LogP contribution in [-0.2, 0) is 27.2 Å². The molecule has 5 rings (SSSR count). The minimum Gasteiger partial charge on any atom is -0.486 e. The summed E-state index contributed by atoms with van der Waals surface area (Å²) in [6.07, 6.45) is -0.219. The number of amides is 2. The van der Waals surface area contributed by atoms with E-state index in [1.165, 1.54) is 0 Å². The number of rotatable bonds is 15. The van der Waals surface area contributed by atoms with Crippen LogP contribution < -0.4 is 20.5 Å². The van der Waals surface area contributed by atoms with Crippen molar-refractivity contribution in [2.75, 3.05) is 33.7 Å². The van der Waals surface area contributed by atoms with E-state index in [-0.39, 0.29) is 31.7 Å². The fourth-order valence-electron chi connectivity index (χ4n) is 5.42. The van der Waals surface area contributed by atoms with Gasteiger partial charge in [0.2, 0.25) is 5.91 Å². The van der Waals surface area contributed by atoms with Gasteiger partial charge in [-0.3, -0.25) is 9.59 Å². The van der Waals surface area contributed by atoms with Crippen LogP contribution in [0, 0.1) is 0 Å². The van der Waals surface area contributed by atoms with Crippen LogP contribution >= 0.6 is 15.9 Å². The summed E-state index contributed by atoms with van der Waals surface area (Å²) in [6.45, 7) is 1.37. The Bertz CT molecular complexity index is 1570. The van der Waals surface area contributed by atoms with Crippen molar-refractivity contribution in [2.24, 2.45) is 5.73 Å². The summed E-state index contributed by atoms with van der Waals surface area (Å²) in [6, 6.07) is 30.5. The van der Waals surface area contributed by atoms with Crippen molar-refractivity contribution in [1.29, 1.82) is 0 Å².